The average Bonchev–Trinajstić information content (AvgIpc) is 2.82. The number of hydrogen-bond donors (Lipinski definition) is 2. The Morgan fingerprint density at radius 2 is 1.65 bits per heavy atom. The lowest BCUT2D eigenvalue weighted by molar-refractivity contribution is -0.114. The molecule has 2 amide bonds. The number of anilines is 2. The molecule has 0 heterocycles. The molecule has 0 saturated carbocycles. The molecule has 0 atom stereocenters. The molecule has 3 aromatic carbocycles. The van der Waals surface area contributed by atoms with Crippen molar-refractivity contribution in [1.29, 1.82) is 0 Å². The highest BCUT2D eigenvalue weighted by molar-refractivity contribution is 7.92. The number of halogens is 2. The van der Waals surface area contributed by atoms with Crippen molar-refractivity contribution in [1.82, 2.24) is 5.32 Å². The van der Waals surface area contributed by atoms with E-state index in [0.29, 0.717) is 5.02 Å². The van der Waals surface area contributed by atoms with Crippen LogP contribution in [0.2, 0.25) is 10.0 Å². The molecule has 0 unspecified atom stereocenters. The molecule has 7 nitrogen and oxygen atoms in total. The van der Waals surface area contributed by atoms with E-state index in [4.69, 9.17) is 23.2 Å². The molecule has 10 heteroatoms. The zero-order valence-corrected chi connectivity index (χ0v) is 20.2. The van der Waals surface area contributed by atoms with Gasteiger partial charge in [-0.05, 0) is 42.5 Å². The lowest BCUT2D eigenvalue weighted by atomic mass is 10.1. The predicted octanol–water partition coefficient (Wildman–Crippen LogP) is 4.74. The molecule has 0 aliphatic heterocycles. The molecular formula is C24H21Cl2N3O4S. The number of rotatable bonds is 9. The maximum atomic E-state index is 13.4. The fourth-order valence-corrected chi connectivity index (χ4v) is 5.09. The van der Waals surface area contributed by atoms with Crippen molar-refractivity contribution in [2.24, 2.45) is 0 Å². The van der Waals surface area contributed by atoms with E-state index < -0.39 is 28.4 Å². The highest BCUT2D eigenvalue weighted by atomic mass is 35.5. The average molecular weight is 518 g/mol. The summed E-state index contributed by atoms with van der Waals surface area (Å²) in [7, 11) is -4.16. The minimum absolute atomic E-state index is 0.0157. The fraction of sp³-hybridized carbons (Fsp3) is 0.0833. The van der Waals surface area contributed by atoms with E-state index in [1.54, 1.807) is 42.5 Å². The van der Waals surface area contributed by atoms with Gasteiger partial charge in [0.25, 0.3) is 15.9 Å². The second kappa shape index (κ2) is 11.2. The van der Waals surface area contributed by atoms with Gasteiger partial charge in [0.15, 0.2) is 0 Å². The van der Waals surface area contributed by atoms with Crippen LogP contribution in [0.25, 0.3) is 0 Å². The summed E-state index contributed by atoms with van der Waals surface area (Å²) in [6.07, 6.45) is 1.53. The van der Waals surface area contributed by atoms with E-state index in [2.05, 4.69) is 17.2 Å². The second-order valence-corrected chi connectivity index (χ2v) is 9.72. The Balaban J connectivity index is 1.95. The monoisotopic (exact) mass is 517 g/mol. The SMILES string of the molecule is C=CCNC(=O)c1ccccc1NC(=O)CN(c1ccc(Cl)cc1Cl)S(=O)(=O)c1ccccc1. The van der Waals surface area contributed by atoms with Gasteiger partial charge in [-0.15, -0.1) is 6.58 Å². The molecule has 0 saturated heterocycles. The molecule has 34 heavy (non-hydrogen) atoms. The zero-order valence-electron chi connectivity index (χ0n) is 17.9. The van der Waals surface area contributed by atoms with Crippen LogP contribution in [-0.2, 0) is 14.8 Å². The maximum absolute atomic E-state index is 13.4. The van der Waals surface area contributed by atoms with Gasteiger partial charge in [-0.2, -0.15) is 0 Å². The van der Waals surface area contributed by atoms with Gasteiger partial charge in [-0.25, -0.2) is 8.42 Å². The van der Waals surface area contributed by atoms with Gasteiger partial charge in [0.2, 0.25) is 5.91 Å². The van der Waals surface area contributed by atoms with Crippen LogP contribution in [0.4, 0.5) is 11.4 Å². The van der Waals surface area contributed by atoms with Gasteiger partial charge in [-0.1, -0.05) is 59.6 Å². The highest BCUT2D eigenvalue weighted by Crippen LogP contribution is 2.32. The quantitative estimate of drug-likeness (QED) is 0.400. The van der Waals surface area contributed by atoms with Crippen LogP contribution < -0.4 is 14.9 Å². The van der Waals surface area contributed by atoms with E-state index in [9.17, 15) is 18.0 Å². The molecule has 0 fully saturated rings. The van der Waals surface area contributed by atoms with Crippen molar-refractivity contribution in [2.75, 3.05) is 22.7 Å². The van der Waals surface area contributed by atoms with Crippen LogP contribution in [0.1, 0.15) is 10.4 Å². The maximum Gasteiger partial charge on any atom is 0.264 e. The van der Waals surface area contributed by atoms with Crippen molar-refractivity contribution in [3.8, 4) is 0 Å². The van der Waals surface area contributed by atoms with Gasteiger partial charge in [0.05, 0.1) is 26.9 Å². The predicted molar refractivity (Wildman–Crippen MR) is 135 cm³/mol. The van der Waals surface area contributed by atoms with Crippen molar-refractivity contribution in [3.05, 3.63) is 101 Å². The van der Waals surface area contributed by atoms with Gasteiger partial charge < -0.3 is 10.6 Å². The first kappa shape index (κ1) is 25.3. The summed E-state index contributed by atoms with van der Waals surface area (Å²) in [6.45, 7) is 3.21. The Morgan fingerprint density at radius 3 is 2.32 bits per heavy atom. The molecule has 0 radical (unpaired) electrons. The molecule has 0 aromatic heterocycles. The second-order valence-electron chi connectivity index (χ2n) is 7.01. The number of carbonyl (C=O) groups excluding carboxylic acids is 2. The van der Waals surface area contributed by atoms with Crippen molar-refractivity contribution >= 4 is 56.4 Å². The van der Waals surface area contributed by atoms with Crippen LogP contribution >= 0.6 is 23.2 Å². The number of nitrogens with zero attached hydrogens (tertiary/aromatic N) is 1. The lowest BCUT2D eigenvalue weighted by Crippen LogP contribution is -2.38. The van der Waals surface area contributed by atoms with Gasteiger partial charge in [0, 0.05) is 11.6 Å². The van der Waals surface area contributed by atoms with Gasteiger partial charge in [-0.3, -0.25) is 13.9 Å². The smallest absolute Gasteiger partial charge is 0.264 e. The van der Waals surface area contributed by atoms with Crippen molar-refractivity contribution in [3.63, 3.8) is 0 Å². The first-order valence-corrected chi connectivity index (χ1v) is 12.2. The summed E-state index contributed by atoms with van der Waals surface area (Å²) >= 11 is 12.3. The Hall–Kier alpha value is -3.33. The van der Waals surface area contributed by atoms with Crippen molar-refractivity contribution < 1.29 is 18.0 Å². The molecule has 0 bridgehead atoms. The Morgan fingerprint density at radius 1 is 0.971 bits per heavy atom. The highest BCUT2D eigenvalue weighted by Gasteiger charge is 2.29. The summed E-state index contributed by atoms with van der Waals surface area (Å²) in [6, 6.07) is 18.4. The number of benzene rings is 3. The van der Waals surface area contributed by atoms with E-state index in [-0.39, 0.29) is 33.4 Å². The molecular weight excluding hydrogens is 497 g/mol. The standard InChI is InChI=1S/C24H21Cl2N3O4S/c1-2-14-27-24(31)19-10-6-7-11-21(19)28-23(30)16-29(22-13-12-17(25)15-20(22)26)34(32,33)18-8-4-3-5-9-18/h2-13,15H,1,14,16H2,(H,27,31)(H,28,30). The molecule has 2 N–H and O–H groups in total. The zero-order chi connectivity index (χ0) is 24.7. The van der Waals surface area contributed by atoms with Gasteiger partial charge in [0.1, 0.15) is 6.54 Å². The van der Waals surface area contributed by atoms with Crippen LogP contribution in [0, 0.1) is 0 Å². The molecule has 3 aromatic rings. The Bertz CT molecular complexity index is 1310. The lowest BCUT2D eigenvalue weighted by Gasteiger charge is -2.25. The van der Waals surface area contributed by atoms with Crippen LogP contribution in [0.15, 0.2) is 90.3 Å². The Kier molecular flexibility index (Phi) is 8.33. The molecule has 0 aliphatic rings. The Labute approximate surface area is 208 Å². The normalized spacial score (nSPS) is 10.9. The van der Waals surface area contributed by atoms with E-state index in [1.807, 2.05) is 0 Å². The minimum Gasteiger partial charge on any atom is -0.349 e. The van der Waals surface area contributed by atoms with Gasteiger partial charge >= 0.3 is 0 Å². The summed E-state index contributed by atoms with van der Waals surface area (Å²) in [5.74, 6) is -1.08. The number of nitrogens with one attached hydrogen (secondary N) is 2. The summed E-state index contributed by atoms with van der Waals surface area (Å²) < 4.78 is 27.8. The first-order chi connectivity index (χ1) is 16.2. The third kappa shape index (κ3) is 5.96. The van der Waals surface area contributed by atoms with E-state index >= 15 is 0 Å². The largest absolute Gasteiger partial charge is 0.349 e. The van der Waals surface area contributed by atoms with Crippen LogP contribution in [0.5, 0.6) is 0 Å². The molecule has 0 spiro atoms. The van der Waals surface area contributed by atoms with Crippen LogP contribution in [-0.4, -0.2) is 33.3 Å². The summed E-state index contributed by atoms with van der Waals surface area (Å²) in [4.78, 5) is 25.4. The number of para-hydroxylation sites is 1. The first-order valence-electron chi connectivity index (χ1n) is 10.0. The number of carbonyl (C=O) groups is 2. The number of sulfonamides is 1. The topological polar surface area (TPSA) is 95.6 Å². The minimum atomic E-state index is -4.16. The summed E-state index contributed by atoms with van der Waals surface area (Å²) in [5, 5.41) is 5.64. The van der Waals surface area contributed by atoms with Crippen molar-refractivity contribution in [2.45, 2.75) is 4.90 Å². The fourth-order valence-electron chi connectivity index (χ4n) is 3.07. The number of amides is 2. The third-order valence-corrected chi connectivity index (χ3v) is 6.96. The van der Waals surface area contributed by atoms with E-state index in [0.717, 1.165) is 4.31 Å². The number of hydrogen-bond acceptors (Lipinski definition) is 4. The van der Waals surface area contributed by atoms with Crippen LogP contribution in [0.3, 0.4) is 0 Å². The molecule has 3 rings (SSSR count). The molecule has 0 aliphatic carbocycles. The molecule has 176 valence electrons. The van der Waals surface area contributed by atoms with E-state index in [1.165, 1.54) is 36.4 Å². The summed E-state index contributed by atoms with van der Waals surface area (Å²) in [5.41, 5.74) is 0.537. The third-order valence-electron chi connectivity index (χ3n) is 4.65.